The Morgan fingerprint density at radius 1 is 0.875 bits per heavy atom. The van der Waals surface area contributed by atoms with Gasteiger partial charge in [-0.05, 0) is 35.9 Å². The average Bonchev–Trinajstić information content (AvgIpc) is 2.62. The maximum Gasteiger partial charge on any atom is 0.262 e. The van der Waals surface area contributed by atoms with Crippen molar-refractivity contribution >= 4 is 17.3 Å². The summed E-state index contributed by atoms with van der Waals surface area (Å²) in [6.45, 7) is 0. The highest BCUT2D eigenvalue weighted by Gasteiger charge is 2.33. The number of hydrogen-bond acceptors (Lipinski definition) is 2. The fourth-order valence-electron chi connectivity index (χ4n) is 3.01. The second-order valence-electron chi connectivity index (χ2n) is 5.66. The molecule has 1 heterocycles. The molecule has 4 heteroatoms. The minimum absolute atomic E-state index is 0.149. The molecule has 1 aliphatic heterocycles. The zero-order chi connectivity index (χ0) is 16.5. The van der Waals surface area contributed by atoms with Gasteiger partial charge in [-0.3, -0.25) is 9.69 Å². The molecule has 3 nitrogen and oxygen atoms in total. The maximum atomic E-state index is 13.7. The van der Waals surface area contributed by atoms with Crippen LogP contribution in [0.1, 0.15) is 22.1 Å². The van der Waals surface area contributed by atoms with E-state index >= 15 is 0 Å². The summed E-state index contributed by atoms with van der Waals surface area (Å²) in [6, 6.07) is 23.1. The molecule has 118 valence electrons. The SMILES string of the molecule is O=C1c2ccccc2N[C@@H](c2ccccc2)N1c1cccc(F)c1. The molecular formula is C20H15FN2O. The average molecular weight is 318 g/mol. The number of halogens is 1. The third-order valence-electron chi connectivity index (χ3n) is 4.13. The standard InChI is InChI=1S/C20H15FN2O/c21-15-9-6-10-16(13-15)23-19(14-7-2-1-3-8-14)22-18-12-5-4-11-17(18)20(23)24/h1-13,19,22H/t19-/m1/s1. The molecule has 3 aromatic rings. The van der Waals surface area contributed by atoms with Gasteiger partial charge in [0.05, 0.1) is 5.56 Å². The van der Waals surface area contributed by atoms with E-state index in [9.17, 15) is 9.18 Å². The van der Waals surface area contributed by atoms with E-state index in [0.717, 1.165) is 11.3 Å². The lowest BCUT2D eigenvalue weighted by Gasteiger charge is -2.38. The van der Waals surface area contributed by atoms with E-state index in [1.54, 1.807) is 23.1 Å². The van der Waals surface area contributed by atoms with Gasteiger partial charge in [0.15, 0.2) is 0 Å². The van der Waals surface area contributed by atoms with E-state index in [0.29, 0.717) is 11.3 Å². The summed E-state index contributed by atoms with van der Waals surface area (Å²) >= 11 is 0. The van der Waals surface area contributed by atoms with Crippen LogP contribution in [-0.2, 0) is 0 Å². The van der Waals surface area contributed by atoms with Gasteiger partial charge in [-0.15, -0.1) is 0 Å². The molecule has 24 heavy (non-hydrogen) atoms. The van der Waals surface area contributed by atoms with Gasteiger partial charge in [0.25, 0.3) is 5.91 Å². The molecule has 1 atom stereocenters. The Labute approximate surface area is 139 Å². The van der Waals surface area contributed by atoms with Crippen LogP contribution in [0.15, 0.2) is 78.9 Å². The second kappa shape index (κ2) is 5.81. The number of anilines is 2. The molecule has 1 N–H and O–H groups in total. The van der Waals surface area contributed by atoms with Crippen LogP contribution in [0, 0.1) is 5.82 Å². The normalized spacial score (nSPS) is 16.5. The summed E-state index contributed by atoms with van der Waals surface area (Å²) in [5.74, 6) is -0.519. The summed E-state index contributed by atoms with van der Waals surface area (Å²) in [5.41, 5.74) is 2.82. The van der Waals surface area contributed by atoms with E-state index < -0.39 is 6.17 Å². The van der Waals surface area contributed by atoms with E-state index in [2.05, 4.69) is 5.32 Å². The summed E-state index contributed by atoms with van der Waals surface area (Å²) in [7, 11) is 0. The largest absolute Gasteiger partial charge is 0.360 e. The van der Waals surface area contributed by atoms with Crippen molar-refractivity contribution < 1.29 is 9.18 Å². The molecule has 0 bridgehead atoms. The number of rotatable bonds is 2. The van der Waals surface area contributed by atoms with Gasteiger partial charge >= 0.3 is 0 Å². The number of para-hydroxylation sites is 1. The summed E-state index contributed by atoms with van der Waals surface area (Å²) in [5, 5.41) is 3.39. The second-order valence-corrected chi connectivity index (χ2v) is 5.66. The molecule has 0 saturated carbocycles. The molecular weight excluding hydrogens is 303 g/mol. The Morgan fingerprint density at radius 3 is 2.42 bits per heavy atom. The van der Waals surface area contributed by atoms with E-state index in [1.165, 1.54) is 12.1 Å². The van der Waals surface area contributed by atoms with Crippen LogP contribution in [0.5, 0.6) is 0 Å². The Bertz CT molecular complexity index is 895. The van der Waals surface area contributed by atoms with Gasteiger partial charge in [0, 0.05) is 11.4 Å². The Balaban J connectivity index is 1.88. The highest BCUT2D eigenvalue weighted by molar-refractivity contribution is 6.12. The van der Waals surface area contributed by atoms with E-state index in [4.69, 9.17) is 0 Å². The van der Waals surface area contributed by atoms with Crippen LogP contribution in [0.4, 0.5) is 15.8 Å². The third kappa shape index (κ3) is 2.42. The van der Waals surface area contributed by atoms with Crippen molar-refractivity contribution in [1.29, 1.82) is 0 Å². The van der Waals surface area contributed by atoms with Crippen LogP contribution >= 0.6 is 0 Å². The molecule has 0 unspecified atom stereocenters. The monoisotopic (exact) mass is 318 g/mol. The highest BCUT2D eigenvalue weighted by Crippen LogP contribution is 2.36. The van der Waals surface area contributed by atoms with Gasteiger partial charge in [-0.2, -0.15) is 0 Å². The zero-order valence-electron chi connectivity index (χ0n) is 12.8. The van der Waals surface area contributed by atoms with Gasteiger partial charge in [-0.1, -0.05) is 48.5 Å². The third-order valence-corrected chi connectivity index (χ3v) is 4.13. The lowest BCUT2D eigenvalue weighted by Crippen LogP contribution is -2.43. The predicted molar refractivity (Wildman–Crippen MR) is 92.5 cm³/mol. The van der Waals surface area contributed by atoms with Gasteiger partial charge < -0.3 is 5.32 Å². The lowest BCUT2D eigenvalue weighted by molar-refractivity contribution is 0.0975. The highest BCUT2D eigenvalue weighted by atomic mass is 19.1. The number of carbonyl (C=O) groups is 1. The maximum absolute atomic E-state index is 13.7. The Kier molecular flexibility index (Phi) is 3.50. The van der Waals surface area contributed by atoms with Gasteiger partial charge in [0.2, 0.25) is 0 Å². The summed E-state index contributed by atoms with van der Waals surface area (Å²) < 4.78 is 13.7. The van der Waals surface area contributed by atoms with Crippen molar-refractivity contribution in [3.63, 3.8) is 0 Å². The van der Waals surface area contributed by atoms with Crippen molar-refractivity contribution in [2.75, 3.05) is 10.2 Å². The van der Waals surface area contributed by atoms with E-state index in [-0.39, 0.29) is 11.7 Å². The smallest absolute Gasteiger partial charge is 0.262 e. The summed E-state index contributed by atoms with van der Waals surface area (Å²) in [6.07, 6.45) is -0.393. The Morgan fingerprint density at radius 2 is 1.62 bits per heavy atom. The van der Waals surface area contributed by atoms with Crippen molar-refractivity contribution in [3.8, 4) is 0 Å². The van der Waals surface area contributed by atoms with Crippen molar-refractivity contribution in [1.82, 2.24) is 0 Å². The van der Waals surface area contributed by atoms with Crippen LogP contribution in [-0.4, -0.2) is 5.91 Å². The van der Waals surface area contributed by atoms with Crippen LogP contribution in [0.25, 0.3) is 0 Å². The van der Waals surface area contributed by atoms with E-state index in [1.807, 2.05) is 48.5 Å². The molecule has 0 aromatic heterocycles. The molecule has 0 spiro atoms. The number of benzene rings is 3. The number of hydrogen-bond donors (Lipinski definition) is 1. The first-order valence-corrected chi connectivity index (χ1v) is 7.74. The van der Waals surface area contributed by atoms with Crippen molar-refractivity contribution in [2.45, 2.75) is 6.17 Å². The molecule has 3 aromatic carbocycles. The van der Waals surface area contributed by atoms with Gasteiger partial charge in [-0.25, -0.2) is 4.39 Å². The molecule has 1 aliphatic rings. The van der Waals surface area contributed by atoms with Crippen molar-refractivity contribution in [3.05, 3.63) is 95.8 Å². The van der Waals surface area contributed by atoms with Gasteiger partial charge in [0.1, 0.15) is 12.0 Å². The van der Waals surface area contributed by atoms with Crippen LogP contribution in [0.2, 0.25) is 0 Å². The first-order chi connectivity index (χ1) is 11.7. The molecule has 0 saturated heterocycles. The topological polar surface area (TPSA) is 32.3 Å². The first kappa shape index (κ1) is 14.5. The quantitative estimate of drug-likeness (QED) is 0.749. The molecule has 0 aliphatic carbocycles. The zero-order valence-corrected chi connectivity index (χ0v) is 12.8. The minimum atomic E-state index is -0.393. The predicted octanol–water partition coefficient (Wildman–Crippen LogP) is 4.60. The number of fused-ring (bicyclic) bond motifs is 1. The summed E-state index contributed by atoms with van der Waals surface area (Å²) in [4.78, 5) is 14.7. The van der Waals surface area contributed by atoms with Crippen LogP contribution in [0.3, 0.4) is 0 Å². The molecule has 0 radical (unpaired) electrons. The van der Waals surface area contributed by atoms with Crippen LogP contribution < -0.4 is 10.2 Å². The molecule has 0 fully saturated rings. The van der Waals surface area contributed by atoms with Crippen molar-refractivity contribution in [2.24, 2.45) is 0 Å². The first-order valence-electron chi connectivity index (χ1n) is 7.74. The Hall–Kier alpha value is -3.14. The molecule has 4 rings (SSSR count). The number of nitrogens with one attached hydrogen (secondary N) is 1. The fraction of sp³-hybridized carbons (Fsp3) is 0.0500. The molecule has 1 amide bonds. The fourth-order valence-corrected chi connectivity index (χ4v) is 3.01. The lowest BCUT2D eigenvalue weighted by atomic mass is 10.0. The number of amides is 1. The number of carbonyl (C=O) groups excluding carboxylic acids is 1. The minimum Gasteiger partial charge on any atom is -0.360 e. The number of nitrogens with zero attached hydrogens (tertiary/aromatic N) is 1.